The molecule has 2 aromatic rings. The van der Waals surface area contributed by atoms with Gasteiger partial charge in [-0.05, 0) is 36.4 Å². The molecule has 0 fully saturated rings. The molecule has 4 nitrogen and oxygen atoms in total. The molecule has 0 spiro atoms. The van der Waals surface area contributed by atoms with E-state index in [0.29, 0.717) is 10.7 Å². The Balaban J connectivity index is 2.28. The first-order valence-corrected chi connectivity index (χ1v) is 8.48. The number of halogens is 2. The highest BCUT2D eigenvalue weighted by Gasteiger charge is 2.13. The van der Waals surface area contributed by atoms with Crippen LogP contribution in [0.15, 0.2) is 47.4 Å². The van der Waals surface area contributed by atoms with Gasteiger partial charge in [0.15, 0.2) is 9.84 Å². The van der Waals surface area contributed by atoms with Crippen molar-refractivity contribution in [2.75, 3.05) is 11.6 Å². The van der Waals surface area contributed by atoms with E-state index in [1.807, 2.05) is 0 Å². The van der Waals surface area contributed by atoms with E-state index < -0.39 is 15.7 Å². The first kappa shape index (κ1) is 15.8. The molecule has 0 aromatic heterocycles. The van der Waals surface area contributed by atoms with Crippen LogP contribution in [-0.4, -0.2) is 20.6 Å². The summed E-state index contributed by atoms with van der Waals surface area (Å²) in [4.78, 5) is 12.2. The third-order valence-electron chi connectivity index (χ3n) is 2.70. The van der Waals surface area contributed by atoms with Crippen LogP contribution in [0.2, 0.25) is 10.0 Å². The van der Waals surface area contributed by atoms with E-state index >= 15 is 0 Å². The van der Waals surface area contributed by atoms with Crippen molar-refractivity contribution in [3.63, 3.8) is 0 Å². The van der Waals surface area contributed by atoms with Crippen LogP contribution in [0.4, 0.5) is 5.69 Å². The number of anilines is 1. The van der Waals surface area contributed by atoms with Gasteiger partial charge < -0.3 is 5.32 Å². The molecule has 0 aliphatic carbocycles. The SMILES string of the molecule is CS(=O)(=O)c1cccc(NC(=O)c2ccc(Cl)cc2Cl)c1. The molecule has 0 heterocycles. The quantitative estimate of drug-likeness (QED) is 0.924. The molecule has 0 aliphatic heterocycles. The Bertz CT molecular complexity index is 804. The molecule has 0 saturated carbocycles. The second-order valence-electron chi connectivity index (χ2n) is 4.38. The van der Waals surface area contributed by atoms with Gasteiger partial charge in [-0.1, -0.05) is 29.3 Å². The van der Waals surface area contributed by atoms with Crippen molar-refractivity contribution in [1.82, 2.24) is 0 Å². The van der Waals surface area contributed by atoms with Gasteiger partial charge in [-0.25, -0.2) is 8.42 Å². The predicted molar refractivity (Wildman–Crippen MR) is 84.0 cm³/mol. The van der Waals surface area contributed by atoms with Crippen LogP contribution in [0.3, 0.4) is 0 Å². The van der Waals surface area contributed by atoms with E-state index in [2.05, 4.69) is 5.32 Å². The highest BCUT2D eigenvalue weighted by molar-refractivity contribution is 7.90. The lowest BCUT2D eigenvalue weighted by Crippen LogP contribution is -2.12. The fourth-order valence-electron chi connectivity index (χ4n) is 1.68. The predicted octanol–water partition coefficient (Wildman–Crippen LogP) is 3.65. The lowest BCUT2D eigenvalue weighted by Gasteiger charge is -2.08. The number of rotatable bonds is 3. The lowest BCUT2D eigenvalue weighted by atomic mass is 10.2. The van der Waals surface area contributed by atoms with Crippen LogP contribution < -0.4 is 5.32 Å². The fourth-order valence-corrected chi connectivity index (χ4v) is 2.84. The molecular formula is C14H11Cl2NO3S. The summed E-state index contributed by atoms with van der Waals surface area (Å²) in [5.74, 6) is -0.442. The number of carbonyl (C=O) groups is 1. The van der Waals surface area contributed by atoms with Gasteiger partial charge in [0.1, 0.15) is 0 Å². The van der Waals surface area contributed by atoms with Gasteiger partial charge in [0.25, 0.3) is 5.91 Å². The van der Waals surface area contributed by atoms with Crippen molar-refractivity contribution in [3.05, 3.63) is 58.1 Å². The lowest BCUT2D eigenvalue weighted by molar-refractivity contribution is 0.102. The summed E-state index contributed by atoms with van der Waals surface area (Å²) < 4.78 is 23.0. The molecule has 7 heteroatoms. The second kappa shape index (κ2) is 6.05. The summed E-state index contributed by atoms with van der Waals surface area (Å²) in [5.41, 5.74) is 0.625. The Labute approximate surface area is 132 Å². The Morgan fingerprint density at radius 1 is 1.10 bits per heavy atom. The van der Waals surface area contributed by atoms with E-state index in [1.165, 1.54) is 24.3 Å². The number of benzene rings is 2. The first-order valence-electron chi connectivity index (χ1n) is 5.84. The highest BCUT2D eigenvalue weighted by Crippen LogP contribution is 2.22. The molecular weight excluding hydrogens is 333 g/mol. The molecule has 1 N–H and O–H groups in total. The molecule has 1 amide bonds. The van der Waals surface area contributed by atoms with Crippen molar-refractivity contribution >= 4 is 44.6 Å². The number of amides is 1. The number of nitrogens with one attached hydrogen (secondary N) is 1. The summed E-state index contributed by atoms with van der Waals surface area (Å²) in [6.45, 7) is 0. The van der Waals surface area contributed by atoms with Crippen molar-refractivity contribution in [2.24, 2.45) is 0 Å². The molecule has 2 rings (SSSR count). The maximum Gasteiger partial charge on any atom is 0.257 e. The van der Waals surface area contributed by atoms with E-state index in [4.69, 9.17) is 23.2 Å². The van der Waals surface area contributed by atoms with Crippen molar-refractivity contribution in [1.29, 1.82) is 0 Å². The second-order valence-corrected chi connectivity index (χ2v) is 7.24. The highest BCUT2D eigenvalue weighted by atomic mass is 35.5. The Hall–Kier alpha value is -1.56. The van der Waals surface area contributed by atoms with Crippen LogP contribution in [0.5, 0.6) is 0 Å². The van der Waals surface area contributed by atoms with Crippen LogP contribution in [0, 0.1) is 0 Å². The van der Waals surface area contributed by atoms with Crippen molar-refractivity contribution in [3.8, 4) is 0 Å². The monoisotopic (exact) mass is 343 g/mol. The van der Waals surface area contributed by atoms with Gasteiger partial charge in [0.05, 0.1) is 15.5 Å². The number of hydrogen-bond acceptors (Lipinski definition) is 3. The number of hydrogen-bond donors (Lipinski definition) is 1. The Kier molecular flexibility index (Phi) is 4.56. The maximum absolute atomic E-state index is 12.1. The molecule has 0 saturated heterocycles. The molecule has 0 atom stereocenters. The number of sulfone groups is 1. The number of carbonyl (C=O) groups excluding carboxylic acids is 1. The molecule has 21 heavy (non-hydrogen) atoms. The van der Waals surface area contributed by atoms with E-state index in [0.717, 1.165) is 6.26 Å². The third-order valence-corrected chi connectivity index (χ3v) is 4.35. The molecule has 2 aromatic carbocycles. The topological polar surface area (TPSA) is 63.2 Å². The van der Waals surface area contributed by atoms with Crippen molar-refractivity contribution < 1.29 is 13.2 Å². The summed E-state index contributed by atoms with van der Waals surface area (Å²) >= 11 is 11.7. The summed E-state index contributed by atoms with van der Waals surface area (Å²) in [6, 6.07) is 10.5. The van der Waals surface area contributed by atoms with Gasteiger partial charge >= 0.3 is 0 Å². The van der Waals surface area contributed by atoms with Gasteiger partial charge in [-0.3, -0.25) is 4.79 Å². The van der Waals surface area contributed by atoms with Crippen LogP contribution in [-0.2, 0) is 9.84 Å². The minimum atomic E-state index is -3.33. The van der Waals surface area contributed by atoms with E-state index in [-0.39, 0.29) is 15.5 Å². The minimum absolute atomic E-state index is 0.127. The standard InChI is InChI=1S/C14H11Cl2NO3S/c1-21(19,20)11-4-2-3-10(8-11)17-14(18)12-6-5-9(15)7-13(12)16/h2-8H,1H3,(H,17,18). The van der Waals surface area contributed by atoms with Crippen molar-refractivity contribution in [2.45, 2.75) is 4.90 Å². The zero-order valence-electron chi connectivity index (χ0n) is 10.9. The average Bonchev–Trinajstić information content (AvgIpc) is 2.37. The van der Waals surface area contributed by atoms with Gasteiger partial charge in [-0.2, -0.15) is 0 Å². The third kappa shape index (κ3) is 3.97. The average molecular weight is 344 g/mol. The van der Waals surface area contributed by atoms with E-state index in [1.54, 1.807) is 18.2 Å². The molecule has 0 aliphatic rings. The largest absolute Gasteiger partial charge is 0.322 e. The Morgan fingerprint density at radius 3 is 2.43 bits per heavy atom. The zero-order chi connectivity index (χ0) is 15.6. The first-order chi connectivity index (χ1) is 9.77. The molecule has 0 radical (unpaired) electrons. The van der Waals surface area contributed by atoms with Gasteiger partial charge in [0.2, 0.25) is 0 Å². The summed E-state index contributed by atoms with van der Waals surface area (Å²) in [7, 11) is -3.33. The van der Waals surface area contributed by atoms with Crippen LogP contribution >= 0.6 is 23.2 Å². The fraction of sp³-hybridized carbons (Fsp3) is 0.0714. The smallest absolute Gasteiger partial charge is 0.257 e. The maximum atomic E-state index is 12.1. The molecule has 0 bridgehead atoms. The summed E-state index contributed by atoms with van der Waals surface area (Å²) in [5, 5.41) is 3.25. The van der Waals surface area contributed by atoms with Gasteiger partial charge in [-0.15, -0.1) is 0 Å². The van der Waals surface area contributed by atoms with Gasteiger partial charge in [0, 0.05) is 17.0 Å². The van der Waals surface area contributed by atoms with Crippen LogP contribution in [0.25, 0.3) is 0 Å². The minimum Gasteiger partial charge on any atom is -0.322 e. The molecule has 110 valence electrons. The Morgan fingerprint density at radius 2 is 1.81 bits per heavy atom. The van der Waals surface area contributed by atoms with Crippen LogP contribution in [0.1, 0.15) is 10.4 Å². The summed E-state index contributed by atoms with van der Waals surface area (Å²) in [6.07, 6.45) is 1.10. The molecule has 0 unspecified atom stereocenters. The normalized spacial score (nSPS) is 11.2. The zero-order valence-corrected chi connectivity index (χ0v) is 13.3. The van der Waals surface area contributed by atoms with E-state index in [9.17, 15) is 13.2 Å².